The van der Waals surface area contributed by atoms with Gasteiger partial charge in [-0.1, -0.05) is 18.2 Å². The van der Waals surface area contributed by atoms with E-state index in [4.69, 9.17) is 4.74 Å². The molecule has 0 aliphatic heterocycles. The van der Waals surface area contributed by atoms with Crippen LogP contribution in [0.4, 0.5) is 0 Å². The summed E-state index contributed by atoms with van der Waals surface area (Å²) in [6.07, 6.45) is -0.209. The maximum Gasteiger partial charge on any atom is 0.0867 e. The largest absolute Gasteiger partial charge is 0.390 e. The zero-order chi connectivity index (χ0) is 11.1. The minimum absolute atomic E-state index is 0. The van der Waals surface area contributed by atoms with Gasteiger partial charge in [-0.3, -0.25) is 0 Å². The predicted octanol–water partition coefficient (Wildman–Crippen LogP) is 2.56. The van der Waals surface area contributed by atoms with Crippen molar-refractivity contribution in [2.24, 2.45) is 0 Å². The maximum absolute atomic E-state index is 9.61. The molecule has 0 aromatic heterocycles. The van der Waals surface area contributed by atoms with Crippen LogP contribution < -0.4 is 0 Å². The molecule has 89 valence electrons. The molecule has 16 heavy (non-hydrogen) atoms. The zero-order valence-electron chi connectivity index (χ0n) is 9.67. The summed E-state index contributed by atoms with van der Waals surface area (Å²) in [5.74, 6) is 0.677. The van der Waals surface area contributed by atoms with Gasteiger partial charge in [0.1, 0.15) is 0 Å². The Morgan fingerprint density at radius 2 is 1.88 bits per heavy atom. The van der Waals surface area contributed by atoms with Gasteiger partial charge in [0.25, 0.3) is 0 Å². The van der Waals surface area contributed by atoms with Crippen LogP contribution in [0.2, 0.25) is 0 Å². The van der Waals surface area contributed by atoms with Gasteiger partial charge in [-0.05, 0) is 26.0 Å². The monoisotopic (exact) mass is 277 g/mol. The van der Waals surface area contributed by atoms with Crippen LogP contribution in [0.1, 0.15) is 13.8 Å². The second-order valence-electron chi connectivity index (χ2n) is 3.66. The summed E-state index contributed by atoms with van der Waals surface area (Å²) < 4.78 is 5.33. The third-order valence-electron chi connectivity index (χ3n) is 1.81. The first kappa shape index (κ1) is 16.1. The first-order valence-corrected chi connectivity index (χ1v) is 6.14. The number of rotatable bonds is 6. The fourth-order valence-electron chi connectivity index (χ4n) is 1.06. The average molecular weight is 277 g/mol. The van der Waals surface area contributed by atoms with Crippen molar-refractivity contribution in [3.63, 3.8) is 0 Å². The maximum atomic E-state index is 9.61. The molecule has 1 atom stereocenters. The van der Waals surface area contributed by atoms with Crippen LogP contribution in [0.25, 0.3) is 0 Å². The summed E-state index contributed by atoms with van der Waals surface area (Å²) in [4.78, 5) is 1.18. The summed E-state index contributed by atoms with van der Waals surface area (Å²) in [7, 11) is 0. The molecular weight excluding hydrogens is 259 g/mol. The molecule has 0 amide bonds. The molecule has 0 fully saturated rings. The van der Waals surface area contributed by atoms with Gasteiger partial charge < -0.3 is 9.84 Å². The van der Waals surface area contributed by atoms with Crippen molar-refractivity contribution in [3.8, 4) is 0 Å². The van der Waals surface area contributed by atoms with Gasteiger partial charge in [0.05, 0.1) is 18.8 Å². The third-order valence-corrected chi connectivity index (χ3v) is 2.96. The summed E-state index contributed by atoms with van der Waals surface area (Å²) in [6.45, 7) is 4.35. The van der Waals surface area contributed by atoms with E-state index in [9.17, 15) is 5.11 Å². The van der Waals surface area contributed by atoms with Crippen LogP contribution in [0.5, 0.6) is 0 Å². The van der Waals surface area contributed by atoms with E-state index in [0.29, 0.717) is 12.4 Å². The van der Waals surface area contributed by atoms with E-state index < -0.39 is 6.10 Å². The smallest absolute Gasteiger partial charge is 0.0867 e. The average Bonchev–Trinajstić information content (AvgIpc) is 2.25. The number of hydrogen-bond acceptors (Lipinski definition) is 3. The first-order valence-electron chi connectivity index (χ1n) is 5.16. The Bertz CT molecular complexity index is 267. The zero-order valence-corrected chi connectivity index (χ0v) is 11.9. The van der Waals surface area contributed by atoms with Gasteiger partial charge in [-0.2, -0.15) is 0 Å². The summed E-state index contributed by atoms with van der Waals surface area (Å²) in [5, 5.41) is 9.61. The standard InChI is InChI=1S/C12H18O2S.V/c1-10(2)14-8-11(13)9-15-12-6-4-3-5-7-12;/h3-7,10-11,13H,8-9H2,1-2H3;. The molecule has 1 aromatic rings. The molecule has 1 rings (SSSR count). The summed E-state index contributed by atoms with van der Waals surface area (Å²) in [5.41, 5.74) is 0. The second kappa shape index (κ2) is 9.14. The molecule has 0 heterocycles. The third kappa shape index (κ3) is 7.36. The number of aliphatic hydroxyl groups is 1. The Morgan fingerprint density at radius 3 is 2.44 bits per heavy atom. The van der Waals surface area contributed by atoms with E-state index in [-0.39, 0.29) is 24.7 Å². The SMILES string of the molecule is CC(C)OCC(O)CSc1ccccc1.[V]. The van der Waals surface area contributed by atoms with Crippen molar-refractivity contribution in [2.75, 3.05) is 12.4 Å². The number of thioether (sulfide) groups is 1. The van der Waals surface area contributed by atoms with E-state index in [1.54, 1.807) is 11.8 Å². The summed E-state index contributed by atoms with van der Waals surface area (Å²) in [6, 6.07) is 10.1. The fraction of sp³-hybridized carbons (Fsp3) is 0.500. The van der Waals surface area contributed by atoms with Crippen LogP contribution in [-0.2, 0) is 23.3 Å². The van der Waals surface area contributed by atoms with Crippen molar-refractivity contribution < 1.29 is 28.4 Å². The molecule has 0 saturated heterocycles. The minimum Gasteiger partial charge on any atom is -0.390 e. The molecule has 0 spiro atoms. The van der Waals surface area contributed by atoms with E-state index in [1.165, 1.54) is 4.90 Å². The number of ether oxygens (including phenoxy) is 1. The van der Waals surface area contributed by atoms with Crippen LogP contribution in [0.15, 0.2) is 35.2 Å². The van der Waals surface area contributed by atoms with E-state index in [2.05, 4.69) is 0 Å². The van der Waals surface area contributed by atoms with E-state index in [0.717, 1.165) is 0 Å². The number of aliphatic hydroxyl groups excluding tert-OH is 1. The predicted molar refractivity (Wildman–Crippen MR) is 64.3 cm³/mol. The van der Waals surface area contributed by atoms with Gasteiger partial charge in [0.2, 0.25) is 0 Å². The number of benzene rings is 1. The summed E-state index contributed by atoms with van der Waals surface area (Å²) >= 11 is 1.65. The molecule has 2 nitrogen and oxygen atoms in total. The molecule has 0 bridgehead atoms. The van der Waals surface area contributed by atoms with Crippen LogP contribution in [0.3, 0.4) is 0 Å². The van der Waals surface area contributed by atoms with Gasteiger partial charge in [-0.25, -0.2) is 0 Å². The quantitative estimate of drug-likeness (QED) is 0.810. The normalized spacial score (nSPS) is 12.2. The molecular formula is C12H18O2SV. The van der Waals surface area contributed by atoms with Gasteiger partial charge in [0.15, 0.2) is 0 Å². The van der Waals surface area contributed by atoms with Gasteiger partial charge >= 0.3 is 0 Å². The van der Waals surface area contributed by atoms with Crippen molar-refractivity contribution in [3.05, 3.63) is 30.3 Å². The van der Waals surface area contributed by atoms with E-state index in [1.807, 2.05) is 44.2 Å². The number of hydrogen-bond donors (Lipinski definition) is 1. The molecule has 4 heteroatoms. The van der Waals surface area contributed by atoms with Gasteiger partial charge in [-0.15, -0.1) is 11.8 Å². The van der Waals surface area contributed by atoms with Crippen LogP contribution in [0, 0.1) is 0 Å². The fourth-order valence-corrected chi connectivity index (χ4v) is 1.89. The second-order valence-corrected chi connectivity index (χ2v) is 4.75. The Kier molecular flexibility index (Phi) is 9.18. The molecule has 1 radical (unpaired) electrons. The molecule has 0 aliphatic carbocycles. The van der Waals surface area contributed by atoms with E-state index >= 15 is 0 Å². The van der Waals surface area contributed by atoms with Crippen molar-refractivity contribution in [1.29, 1.82) is 0 Å². The molecule has 1 N–H and O–H groups in total. The van der Waals surface area contributed by atoms with Crippen LogP contribution in [-0.4, -0.2) is 29.7 Å². The van der Waals surface area contributed by atoms with Crippen LogP contribution >= 0.6 is 11.8 Å². The Labute approximate surface area is 114 Å². The Morgan fingerprint density at radius 1 is 1.25 bits per heavy atom. The van der Waals surface area contributed by atoms with Crippen molar-refractivity contribution >= 4 is 11.8 Å². The van der Waals surface area contributed by atoms with Gasteiger partial charge in [0, 0.05) is 29.2 Å². The Balaban J connectivity index is 0.00000225. The van der Waals surface area contributed by atoms with Crippen molar-refractivity contribution in [2.45, 2.75) is 31.0 Å². The van der Waals surface area contributed by atoms with Crippen molar-refractivity contribution in [1.82, 2.24) is 0 Å². The first-order chi connectivity index (χ1) is 7.18. The Hall–Kier alpha value is 0.0744. The molecule has 0 aliphatic rings. The molecule has 1 unspecified atom stereocenters. The topological polar surface area (TPSA) is 29.5 Å². The molecule has 0 saturated carbocycles. The molecule has 1 aromatic carbocycles. The minimum atomic E-state index is -0.391.